The van der Waals surface area contributed by atoms with E-state index in [1.165, 1.54) is 12.1 Å². The third kappa shape index (κ3) is 5.23. The summed E-state index contributed by atoms with van der Waals surface area (Å²) >= 11 is 0. The fourth-order valence-corrected chi connectivity index (χ4v) is 3.55. The molecule has 4 aromatic rings. The highest BCUT2D eigenvalue weighted by molar-refractivity contribution is 5.99. The first kappa shape index (κ1) is 23.4. The zero-order valence-corrected chi connectivity index (χ0v) is 18.6. The van der Waals surface area contributed by atoms with Crippen LogP contribution in [0.2, 0.25) is 0 Å². The molecule has 0 unspecified atom stereocenters. The van der Waals surface area contributed by atoms with E-state index >= 15 is 0 Å². The van der Waals surface area contributed by atoms with Crippen LogP contribution in [0, 0.1) is 17.5 Å². The number of aromatic amines is 1. The number of rotatable bonds is 8. The van der Waals surface area contributed by atoms with Crippen molar-refractivity contribution in [2.75, 3.05) is 5.32 Å². The first-order valence-electron chi connectivity index (χ1n) is 10.7. The molecule has 5 nitrogen and oxygen atoms in total. The van der Waals surface area contributed by atoms with Crippen molar-refractivity contribution in [1.29, 1.82) is 0 Å². The van der Waals surface area contributed by atoms with Gasteiger partial charge in [0.1, 0.15) is 11.5 Å². The summed E-state index contributed by atoms with van der Waals surface area (Å²) in [5.41, 5.74) is 2.82. The molecule has 0 saturated carbocycles. The SMILES string of the molecule is CC(C)OC(=O)c1[nH]c2cc(Nc3ccc(F)c(F)c3)ccc2c1COCc1ccccc1F. The lowest BCUT2D eigenvalue weighted by Gasteiger charge is -2.10. The summed E-state index contributed by atoms with van der Waals surface area (Å²) in [6.45, 7) is 3.58. The Morgan fingerprint density at radius 2 is 1.65 bits per heavy atom. The molecule has 8 heteroatoms. The zero-order valence-electron chi connectivity index (χ0n) is 18.6. The molecule has 0 amide bonds. The number of carbonyl (C=O) groups is 1. The second-order valence-corrected chi connectivity index (χ2v) is 8.03. The van der Waals surface area contributed by atoms with Crippen LogP contribution in [0.15, 0.2) is 60.7 Å². The average Bonchev–Trinajstić information content (AvgIpc) is 3.15. The van der Waals surface area contributed by atoms with Crippen molar-refractivity contribution in [3.8, 4) is 0 Å². The lowest BCUT2D eigenvalue weighted by Crippen LogP contribution is -2.14. The number of halogens is 3. The summed E-state index contributed by atoms with van der Waals surface area (Å²) < 4.78 is 51.8. The van der Waals surface area contributed by atoms with Gasteiger partial charge in [-0.25, -0.2) is 18.0 Å². The quantitative estimate of drug-likeness (QED) is 0.286. The molecular formula is C26H23F3N2O3. The standard InChI is InChI=1S/C26H23F3N2O3/c1-15(2)34-26(32)25-20(14-33-13-16-5-3-4-6-21(16)27)19-9-7-18(12-24(19)31-25)30-17-8-10-22(28)23(29)11-17/h3-12,15,30-31H,13-14H2,1-2H3. The Hall–Kier alpha value is -3.78. The minimum atomic E-state index is -0.959. The van der Waals surface area contributed by atoms with Gasteiger partial charge in [-0.2, -0.15) is 0 Å². The fourth-order valence-electron chi connectivity index (χ4n) is 3.55. The molecule has 34 heavy (non-hydrogen) atoms. The van der Waals surface area contributed by atoms with Crippen molar-refractivity contribution in [2.24, 2.45) is 0 Å². The number of hydrogen-bond donors (Lipinski definition) is 2. The van der Waals surface area contributed by atoms with Crippen molar-refractivity contribution < 1.29 is 27.4 Å². The van der Waals surface area contributed by atoms with Gasteiger partial charge in [0.05, 0.1) is 19.3 Å². The van der Waals surface area contributed by atoms with E-state index < -0.39 is 17.6 Å². The van der Waals surface area contributed by atoms with Crippen LogP contribution in [0.5, 0.6) is 0 Å². The molecule has 0 fully saturated rings. The Balaban J connectivity index is 1.62. The molecule has 1 aromatic heterocycles. The van der Waals surface area contributed by atoms with Crippen LogP contribution in [-0.2, 0) is 22.7 Å². The van der Waals surface area contributed by atoms with Gasteiger partial charge in [-0.3, -0.25) is 0 Å². The largest absolute Gasteiger partial charge is 0.458 e. The van der Waals surface area contributed by atoms with E-state index in [1.807, 2.05) is 0 Å². The predicted octanol–water partition coefficient (Wildman–Crippen LogP) is 6.61. The van der Waals surface area contributed by atoms with E-state index in [9.17, 15) is 18.0 Å². The van der Waals surface area contributed by atoms with Crippen LogP contribution in [0.1, 0.15) is 35.5 Å². The van der Waals surface area contributed by atoms with E-state index in [2.05, 4.69) is 10.3 Å². The number of aromatic nitrogens is 1. The molecule has 0 radical (unpaired) electrons. The van der Waals surface area contributed by atoms with Gasteiger partial charge in [-0.1, -0.05) is 24.3 Å². The molecule has 3 aromatic carbocycles. The van der Waals surface area contributed by atoms with Gasteiger partial charge >= 0.3 is 5.97 Å². The van der Waals surface area contributed by atoms with Gasteiger partial charge in [-0.05, 0) is 44.2 Å². The highest BCUT2D eigenvalue weighted by Crippen LogP contribution is 2.29. The smallest absolute Gasteiger partial charge is 0.355 e. The summed E-state index contributed by atoms with van der Waals surface area (Å²) in [5, 5.41) is 3.73. The Kier molecular flexibility index (Phi) is 6.88. The highest BCUT2D eigenvalue weighted by Gasteiger charge is 2.21. The number of fused-ring (bicyclic) bond motifs is 1. The number of anilines is 2. The maximum absolute atomic E-state index is 13.9. The molecular weight excluding hydrogens is 445 g/mol. The molecule has 0 saturated heterocycles. The molecule has 0 atom stereocenters. The summed E-state index contributed by atoms with van der Waals surface area (Å²) in [4.78, 5) is 15.8. The molecule has 4 rings (SSSR count). The molecule has 1 heterocycles. The molecule has 2 N–H and O–H groups in total. The summed E-state index contributed by atoms with van der Waals surface area (Å²) in [6.07, 6.45) is -0.323. The van der Waals surface area contributed by atoms with Crippen molar-refractivity contribution in [1.82, 2.24) is 4.98 Å². The van der Waals surface area contributed by atoms with E-state index in [0.29, 0.717) is 28.0 Å². The van der Waals surface area contributed by atoms with Crippen molar-refractivity contribution >= 4 is 28.2 Å². The van der Waals surface area contributed by atoms with E-state index in [0.717, 1.165) is 17.5 Å². The van der Waals surface area contributed by atoms with Gasteiger partial charge in [0, 0.05) is 39.5 Å². The van der Waals surface area contributed by atoms with Crippen molar-refractivity contribution in [3.05, 3.63) is 94.9 Å². The van der Waals surface area contributed by atoms with Crippen molar-refractivity contribution in [2.45, 2.75) is 33.2 Å². The van der Waals surface area contributed by atoms with Gasteiger partial charge in [-0.15, -0.1) is 0 Å². The molecule has 0 aliphatic carbocycles. The number of hydrogen-bond acceptors (Lipinski definition) is 4. The Labute approximate surface area is 194 Å². The molecule has 0 aliphatic rings. The monoisotopic (exact) mass is 468 g/mol. The molecule has 0 aliphatic heterocycles. The van der Waals surface area contributed by atoms with E-state index in [-0.39, 0.29) is 30.8 Å². The van der Waals surface area contributed by atoms with Crippen LogP contribution in [0.25, 0.3) is 10.9 Å². The van der Waals surface area contributed by atoms with Gasteiger partial charge in [0.2, 0.25) is 0 Å². The first-order valence-corrected chi connectivity index (χ1v) is 10.7. The predicted molar refractivity (Wildman–Crippen MR) is 123 cm³/mol. The third-order valence-electron chi connectivity index (χ3n) is 5.12. The third-order valence-corrected chi connectivity index (χ3v) is 5.12. The summed E-state index contributed by atoms with van der Waals surface area (Å²) in [5.74, 6) is -2.79. The van der Waals surface area contributed by atoms with Crippen LogP contribution < -0.4 is 5.32 Å². The van der Waals surface area contributed by atoms with E-state index in [1.54, 1.807) is 50.2 Å². The van der Waals surface area contributed by atoms with Crippen LogP contribution in [-0.4, -0.2) is 17.1 Å². The molecule has 0 spiro atoms. The number of nitrogens with one attached hydrogen (secondary N) is 2. The normalized spacial score (nSPS) is 11.2. The van der Waals surface area contributed by atoms with Crippen LogP contribution >= 0.6 is 0 Å². The fraction of sp³-hybridized carbons (Fsp3) is 0.192. The Morgan fingerprint density at radius 1 is 0.912 bits per heavy atom. The first-order chi connectivity index (χ1) is 16.3. The molecule has 176 valence electrons. The lowest BCUT2D eigenvalue weighted by atomic mass is 10.1. The number of ether oxygens (including phenoxy) is 2. The Bertz CT molecular complexity index is 1330. The minimum absolute atomic E-state index is 0.0355. The van der Waals surface area contributed by atoms with Crippen LogP contribution in [0.4, 0.5) is 24.5 Å². The summed E-state index contributed by atoms with van der Waals surface area (Å²) in [6, 6.07) is 15.1. The van der Waals surface area contributed by atoms with Gasteiger partial charge < -0.3 is 19.8 Å². The number of benzene rings is 3. The van der Waals surface area contributed by atoms with Gasteiger partial charge in [0.15, 0.2) is 11.6 Å². The number of carbonyl (C=O) groups excluding carboxylic acids is 1. The van der Waals surface area contributed by atoms with Crippen LogP contribution in [0.3, 0.4) is 0 Å². The average molecular weight is 468 g/mol. The highest BCUT2D eigenvalue weighted by atomic mass is 19.2. The minimum Gasteiger partial charge on any atom is -0.458 e. The van der Waals surface area contributed by atoms with Crippen molar-refractivity contribution in [3.63, 3.8) is 0 Å². The van der Waals surface area contributed by atoms with E-state index in [4.69, 9.17) is 9.47 Å². The number of esters is 1. The van der Waals surface area contributed by atoms with Gasteiger partial charge in [0.25, 0.3) is 0 Å². The number of H-pyrrole nitrogens is 1. The topological polar surface area (TPSA) is 63.4 Å². The maximum atomic E-state index is 13.9. The summed E-state index contributed by atoms with van der Waals surface area (Å²) in [7, 11) is 0. The Morgan fingerprint density at radius 3 is 2.38 bits per heavy atom. The second-order valence-electron chi connectivity index (χ2n) is 8.03. The zero-order chi connectivity index (χ0) is 24.2. The molecule has 0 bridgehead atoms. The maximum Gasteiger partial charge on any atom is 0.355 e. The lowest BCUT2D eigenvalue weighted by molar-refractivity contribution is 0.0364. The second kappa shape index (κ2) is 10.0.